The van der Waals surface area contributed by atoms with Gasteiger partial charge in [0.2, 0.25) is 0 Å². The van der Waals surface area contributed by atoms with Crippen LogP contribution in [-0.2, 0) is 20.8 Å². The van der Waals surface area contributed by atoms with Crippen molar-refractivity contribution >= 4 is 27.8 Å². The molecule has 2 aromatic carbocycles. The predicted molar refractivity (Wildman–Crippen MR) is 147 cm³/mol. The summed E-state index contributed by atoms with van der Waals surface area (Å²) >= 11 is -0.826. The van der Waals surface area contributed by atoms with Crippen LogP contribution in [0, 0.1) is 32.6 Å². The number of halogens is 2. The molecule has 2 unspecified atom stereocenters. The topological polar surface area (TPSA) is 0 Å². The van der Waals surface area contributed by atoms with Crippen LogP contribution in [0.4, 0.5) is 0 Å². The zero-order chi connectivity index (χ0) is 21.9. The summed E-state index contributed by atoms with van der Waals surface area (Å²) in [6.45, 7) is 2.29. The Bertz CT molecular complexity index is 818. The molecule has 5 rings (SSSR count). The van der Waals surface area contributed by atoms with E-state index in [0.717, 1.165) is 23.7 Å². The van der Waals surface area contributed by atoms with Crippen molar-refractivity contribution in [2.24, 2.45) is 17.8 Å². The molecule has 0 nitrogen and oxygen atoms in total. The number of allylic oxidation sites excluding steroid dienone is 4. The van der Waals surface area contributed by atoms with Gasteiger partial charge in [-0.1, -0.05) is 119 Å². The molecule has 0 heterocycles. The van der Waals surface area contributed by atoms with Crippen LogP contribution in [0.25, 0.3) is 10.8 Å². The van der Waals surface area contributed by atoms with Gasteiger partial charge < -0.3 is 14.9 Å². The Morgan fingerprint density at radius 1 is 0.848 bits per heavy atom. The molecule has 2 atom stereocenters. The fourth-order valence-corrected chi connectivity index (χ4v) is 5.48. The number of hydrogen-bond donors (Lipinski definition) is 0. The maximum absolute atomic E-state index is 4.93. The summed E-state index contributed by atoms with van der Waals surface area (Å²) < 4.78 is 0. The van der Waals surface area contributed by atoms with Crippen LogP contribution in [-0.4, -0.2) is 0 Å². The Morgan fingerprint density at radius 2 is 1.42 bits per heavy atom. The predicted octanol–water partition coefficient (Wildman–Crippen LogP) is 10.7. The molecule has 0 aromatic heterocycles. The molecule has 2 fully saturated rings. The zero-order valence-electron chi connectivity index (χ0n) is 20.8. The quantitative estimate of drug-likeness (QED) is 0.324. The first-order chi connectivity index (χ1) is 15.2. The average molecular weight is 565 g/mol. The molecule has 2 aromatic rings. The van der Waals surface area contributed by atoms with Crippen molar-refractivity contribution in [1.82, 2.24) is 0 Å². The van der Waals surface area contributed by atoms with E-state index < -0.39 is 20.8 Å². The van der Waals surface area contributed by atoms with E-state index in [-0.39, 0.29) is 14.9 Å². The molecule has 0 aliphatic heterocycles. The standard InChI is InChI=1S/C19H18.C9H18.2CH3.2ClH.Zr/c1-2-6-15-11-18(10-9-14(15)5-1)19-12-16-7-3-4-8-17(16)13-19;1-2-3-6-9-7-4-5-8-9;;;;;/h1-11,16-17,19H,12-13H2;9H,2-8H2,1H3;2*1H3;2*1H;/q;;2*-1;;;+4/p-2. The van der Waals surface area contributed by atoms with Gasteiger partial charge in [-0.15, -0.1) is 0 Å². The van der Waals surface area contributed by atoms with Crippen molar-refractivity contribution in [2.45, 2.75) is 70.6 Å². The van der Waals surface area contributed by atoms with Gasteiger partial charge in [-0.3, -0.25) is 0 Å². The summed E-state index contributed by atoms with van der Waals surface area (Å²) in [4.78, 5) is 0. The van der Waals surface area contributed by atoms with Crippen LogP contribution in [0.15, 0.2) is 66.8 Å². The minimum atomic E-state index is -0.826. The molecule has 0 spiro atoms. The fourth-order valence-electron chi connectivity index (χ4n) is 5.48. The summed E-state index contributed by atoms with van der Waals surface area (Å²) in [5.41, 5.74) is 1.52. The summed E-state index contributed by atoms with van der Waals surface area (Å²) in [6.07, 6.45) is 22.3. The Balaban J connectivity index is 0.000000332. The molecule has 0 N–H and O–H groups in total. The van der Waals surface area contributed by atoms with Gasteiger partial charge in [0, 0.05) is 0 Å². The molecule has 0 bridgehead atoms. The molecule has 3 heteroatoms. The van der Waals surface area contributed by atoms with E-state index in [1.54, 1.807) is 0 Å². The summed E-state index contributed by atoms with van der Waals surface area (Å²) in [5.74, 6) is 3.37. The van der Waals surface area contributed by atoms with Crippen LogP contribution >= 0.6 is 17.0 Å². The molecule has 0 amide bonds. The number of benzene rings is 2. The molecule has 3 aliphatic carbocycles. The van der Waals surface area contributed by atoms with Gasteiger partial charge in [-0.25, -0.2) is 0 Å². The molecule has 2 saturated carbocycles. The number of unbranched alkanes of at least 4 members (excludes halogenated alkanes) is 1. The fraction of sp³-hybridized carbons (Fsp3) is 0.467. The SMILES string of the molecule is C1=CC2CC(c3ccc4ccccc4c3)CC2C=C1.CCCCC1CCCC1.[CH3-].[CH3-].[Cl][Zr+2][Cl]. The number of fused-ring (bicyclic) bond motifs is 2. The summed E-state index contributed by atoms with van der Waals surface area (Å²) in [6, 6.07) is 15.7. The van der Waals surface area contributed by atoms with Crippen molar-refractivity contribution in [1.29, 1.82) is 0 Å². The first-order valence-electron chi connectivity index (χ1n) is 12.0. The number of hydrogen-bond acceptors (Lipinski definition) is 0. The first kappa shape index (κ1) is 30.7. The molecule has 0 radical (unpaired) electrons. The molecular weight excluding hydrogens is 522 g/mol. The van der Waals surface area contributed by atoms with E-state index in [9.17, 15) is 0 Å². The van der Waals surface area contributed by atoms with Crippen molar-refractivity contribution in [3.05, 3.63) is 87.2 Å². The average Bonchev–Trinajstić information content (AvgIpc) is 3.48. The van der Waals surface area contributed by atoms with Crippen LogP contribution < -0.4 is 0 Å². The summed E-state index contributed by atoms with van der Waals surface area (Å²) in [7, 11) is 9.87. The van der Waals surface area contributed by atoms with Gasteiger partial charge in [0.25, 0.3) is 0 Å². The Hall–Kier alpha value is -0.357. The zero-order valence-corrected chi connectivity index (χ0v) is 24.8. The van der Waals surface area contributed by atoms with Crippen molar-refractivity contribution in [3.8, 4) is 0 Å². The maximum atomic E-state index is 4.93. The molecule has 180 valence electrons. The molecule has 33 heavy (non-hydrogen) atoms. The van der Waals surface area contributed by atoms with E-state index in [4.69, 9.17) is 17.0 Å². The van der Waals surface area contributed by atoms with E-state index in [2.05, 4.69) is 73.7 Å². The second-order valence-electron chi connectivity index (χ2n) is 9.24. The Labute approximate surface area is 222 Å². The van der Waals surface area contributed by atoms with Gasteiger partial charge >= 0.3 is 37.9 Å². The van der Waals surface area contributed by atoms with Gasteiger partial charge in [-0.05, 0) is 52.8 Å². The number of rotatable bonds is 4. The molecule has 0 saturated heterocycles. The van der Waals surface area contributed by atoms with E-state index >= 15 is 0 Å². The van der Waals surface area contributed by atoms with Gasteiger partial charge in [0.05, 0.1) is 0 Å². The van der Waals surface area contributed by atoms with Crippen LogP contribution in [0.2, 0.25) is 0 Å². The Kier molecular flexibility index (Phi) is 15.9. The van der Waals surface area contributed by atoms with E-state index in [0.29, 0.717) is 0 Å². The van der Waals surface area contributed by atoms with Crippen LogP contribution in [0.1, 0.15) is 76.2 Å². The third-order valence-corrected chi connectivity index (χ3v) is 7.18. The van der Waals surface area contributed by atoms with Crippen molar-refractivity contribution in [2.75, 3.05) is 0 Å². The van der Waals surface area contributed by atoms with E-state index in [1.165, 1.54) is 74.1 Å². The second kappa shape index (κ2) is 17.1. The van der Waals surface area contributed by atoms with Crippen molar-refractivity contribution in [3.63, 3.8) is 0 Å². The minimum absolute atomic E-state index is 0. The van der Waals surface area contributed by atoms with Gasteiger partial charge in [-0.2, -0.15) is 0 Å². The third kappa shape index (κ3) is 9.66. The molecular formula is C30H42Cl2Zr. The van der Waals surface area contributed by atoms with Crippen molar-refractivity contribution < 1.29 is 20.8 Å². The van der Waals surface area contributed by atoms with E-state index in [1.807, 2.05) is 0 Å². The summed E-state index contributed by atoms with van der Waals surface area (Å²) in [5, 5.41) is 2.72. The third-order valence-electron chi connectivity index (χ3n) is 7.18. The monoisotopic (exact) mass is 562 g/mol. The van der Waals surface area contributed by atoms with Gasteiger partial charge in [0.15, 0.2) is 0 Å². The normalized spacial score (nSPS) is 22.6. The second-order valence-corrected chi connectivity index (χ2v) is 13.0. The van der Waals surface area contributed by atoms with Gasteiger partial charge in [0.1, 0.15) is 0 Å². The first-order valence-corrected chi connectivity index (χ1v) is 18.4. The van der Waals surface area contributed by atoms with Crippen LogP contribution in [0.3, 0.4) is 0 Å². The Morgan fingerprint density at radius 3 is 2.00 bits per heavy atom. The molecule has 3 aliphatic rings. The van der Waals surface area contributed by atoms with Crippen LogP contribution in [0.5, 0.6) is 0 Å².